The van der Waals surface area contributed by atoms with Crippen molar-refractivity contribution < 1.29 is 9.90 Å². The number of carbonyl (C=O) groups excluding carboxylic acids is 1. The largest absolute Gasteiger partial charge is 0.393 e. The number of nitrogens with zero attached hydrogens (tertiary/aromatic N) is 2. The molecule has 0 aliphatic rings. The van der Waals surface area contributed by atoms with E-state index in [-0.39, 0.29) is 18.1 Å². The Hall–Kier alpha value is -2.05. The van der Waals surface area contributed by atoms with E-state index in [1.54, 1.807) is 30.1 Å². The second kappa shape index (κ2) is 7.99. The molecule has 6 nitrogen and oxygen atoms in total. The Morgan fingerprint density at radius 1 is 1.39 bits per heavy atom. The van der Waals surface area contributed by atoms with E-state index in [4.69, 9.17) is 11.6 Å². The highest BCUT2D eigenvalue weighted by Crippen LogP contribution is 2.20. The highest BCUT2D eigenvalue weighted by atomic mass is 35.5. The standard InChI is InChI=1S/C16H21ClN4O2/c1-11(7-12(2)22)8-18-16(23)20-13-9-19-21(10-13)15-6-4-3-5-14(15)17/h3-6,9-12,22H,7-8H2,1-2H3,(H2,18,20,23)/t11-,12-/m1/s1. The van der Waals surface area contributed by atoms with Gasteiger partial charge in [0.15, 0.2) is 0 Å². The first-order valence-corrected chi connectivity index (χ1v) is 7.86. The van der Waals surface area contributed by atoms with Crippen LogP contribution in [0.2, 0.25) is 5.02 Å². The second-order valence-corrected chi connectivity index (χ2v) is 6.06. The van der Waals surface area contributed by atoms with Gasteiger partial charge in [0, 0.05) is 6.54 Å². The number of rotatable bonds is 6. The first-order chi connectivity index (χ1) is 11.0. The van der Waals surface area contributed by atoms with Crippen LogP contribution >= 0.6 is 11.6 Å². The third-order valence-electron chi connectivity index (χ3n) is 3.29. The number of halogens is 1. The molecule has 0 fully saturated rings. The lowest BCUT2D eigenvalue weighted by Crippen LogP contribution is -2.33. The Balaban J connectivity index is 1.89. The molecule has 2 amide bonds. The molecule has 2 atom stereocenters. The van der Waals surface area contributed by atoms with E-state index < -0.39 is 0 Å². The van der Waals surface area contributed by atoms with E-state index in [0.717, 1.165) is 5.69 Å². The van der Waals surface area contributed by atoms with Crippen molar-refractivity contribution in [2.75, 3.05) is 11.9 Å². The Kier molecular flexibility index (Phi) is 6.01. The summed E-state index contributed by atoms with van der Waals surface area (Å²) < 4.78 is 1.61. The SMILES string of the molecule is C[C@@H](CNC(=O)Nc1cnn(-c2ccccc2Cl)c1)C[C@@H](C)O. The molecule has 2 rings (SSSR count). The number of aromatic nitrogens is 2. The van der Waals surface area contributed by atoms with Crippen molar-refractivity contribution in [1.29, 1.82) is 0 Å². The number of carbonyl (C=O) groups is 1. The highest BCUT2D eigenvalue weighted by molar-refractivity contribution is 6.32. The number of urea groups is 1. The summed E-state index contributed by atoms with van der Waals surface area (Å²) >= 11 is 6.12. The molecule has 0 saturated carbocycles. The fourth-order valence-corrected chi connectivity index (χ4v) is 2.49. The monoisotopic (exact) mass is 336 g/mol. The molecule has 0 spiro atoms. The number of hydrogen-bond donors (Lipinski definition) is 3. The van der Waals surface area contributed by atoms with Gasteiger partial charge in [-0.2, -0.15) is 5.10 Å². The third kappa shape index (κ3) is 5.26. The predicted octanol–water partition coefficient (Wildman–Crippen LogP) is 3.05. The van der Waals surface area contributed by atoms with Crippen molar-refractivity contribution in [2.45, 2.75) is 26.4 Å². The molecule has 2 aromatic rings. The van der Waals surface area contributed by atoms with Crippen LogP contribution < -0.4 is 10.6 Å². The summed E-state index contributed by atoms with van der Waals surface area (Å²) in [5.74, 6) is 0.201. The molecule has 23 heavy (non-hydrogen) atoms. The van der Waals surface area contributed by atoms with Crippen LogP contribution in [0.5, 0.6) is 0 Å². The molecule has 7 heteroatoms. The number of benzene rings is 1. The normalized spacial score (nSPS) is 13.4. The number of aliphatic hydroxyl groups is 1. The molecule has 0 aliphatic heterocycles. The van der Waals surface area contributed by atoms with Crippen molar-refractivity contribution in [1.82, 2.24) is 15.1 Å². The topological polar surface area (TPSA) is 79.2 Å². The van der Waals surface area contributed by atoms with Crippen molar-refractivity contribution in [3.05, 3.63) is 41.7 Å². The number of para-hydroxylation sites is 1. The zero-order valence-electron chi connectivity index (χ0n) is 13.2. The molecular weight excluding hydrogens is 316 g/mol. The van der Waals surface area contributed by atoms with Crippen LogP contribution in [0, 0.1) is 5.92 Å². The van der Waals surface area contributed by atoms with Crippen molar-refractivity contribution in [2.24, 2.45) is 5.92 Å². The molecular formula is C16H21ClN4O2. The first-order valence-electron chi connectivity index (χ1n) is 7.48. The number of nitrogens with one attached hydrogen (secondary N) is 2. The number of hydrogen-bond acceptors (Lipinski definition) is 3. The van der Waals surface area contributed by atoms with Gasteiger partial charge in [-0.05, 0) is 31.4 Å². The fraction of sp³-hybridized carbons (Fsp3) is 0.375. The second-order valence-electron chi connectivity index (χ2n) is 5.65. The Labute approximate surface area is 140 Å². The summed E-state index contributed by atoms with van der Waals surface area (Å²) in [4.78, 5) is 11.9. The number of amides is 2. The minimum Gasteiger partial charge on any atom is -0.393 e. The lowest BCUT2D eigenvalue weighted by Gasteiger charge is -2.14. The molecule has 1 heterocycles. The van der Waals surface area contributed by atoms with Crippen LogP contribution in [-0.4, -0.2) is 33.6 Å². The fourth-order valence-electron chi connectivity index (χ4n) is 2.26. The minimum absolute atomic E-state index is 0.201. The lowest BCUT2D eigenvalue weighted by molar-refractivity contribution is 0.163. The quantitative estimate of drug-likeness (QED) is 0.758. The molecule has 0 unspecified atom stereocenters. The van der Waals surface area contributed by atoms with Crippen molar-refractivity contribution in [3.63, 3.8) is 0 Å². The van der Waals surface area contributed by atoms with E-state index in [2.05, 4.69) is 15.7 Å². The molecule has 0 radical (unpaired) electrons. The van der Waals surface area contributed by atoms with Gasteiger partial charge in [-0.3, -0.25) is 0 Å². The van der Waals surface area contributed by atoms with Crippen molar-refractivity contribution in [3.8, 4) is 5.69 Å². The Bertz CT molecular complexity index is 657. The Morgan fingerprint density at radius 2 is 2.13 bits per heavy atom. The minimum atomic E-state index is -0.372. The summed E-state index contributed by atoms with van der Waals surface area (Å²) in [6.45, 7) is 4.21. The van der Waals surface area contributed by atoms with Crippen LogP contribution in [-0.2, 0) is 0 Å². The average molecular weight is 337 g/mol. The molecule has 124 valence electrons. The maximum Gasteiger partial charge on any atom is 0.319 e. The van der Waals surface area contributed by atoms with E-state index in [9.17, 15) is 9.90 Å². The molecule has 1 aromatic heterocycles. The van der Waals surface area contributed by atoms with Crippen LogP contribution in [0.4, 0.5) is 10.5 Å². The third-order valence-corrected chi connectivity index (χ3v) is 3.61. The van der Waals surface area contributed by atoms with Gasteiger partial charge in [-0.15, -0.1) is 0 Å². The van der Waals surface area contributed by atoms with E-state index in [1.807, 2.05) is 25.1 Å². The van der Waals surface area contributed by atoms with Crippen LogP contribution in [0.25, 0.3) is 5.69 Å². The number of aliphatic hydroxyl groups excluding tert-OH is 1. The van der Waals surface area contributed by atoms with Gasteiger partial charge in [0.05, 0.1) is 34.9 Å². The van der Waals surface area contributed by atoms with Gasteiger partial charge >= 0.3 is 6.03 Å². The predicted molar refractivity (Wildman–Crippen MR) is 91.1 cm³/mol. The van der Waals surface area contributed by atoms with Crippen LogP contribution in [0.15, 0.2) is 36.7 Å². The smallest absolute Gasteiger partial charge is 0.319 e. The van der Waals surface area contributed by atoms with Gasteiger partial charge in [-0.25, -0.2) is 9.48 Å². The van der Waals surface area contributed by atoms with Gasteiger partial charge < -0.3 is 15.7 Å². The summed E-state index contributed by atoms with van der Waals surface area (Å²) in [7, 11) is 0. The lowest BCUT2D eigenvalue weighted by atomic mass is 10.1. The molecule has 0 aliphatic carbocycles. The van der Waals surface area contributed by atoms with E-state index in [1.165, 1.54) is 0 Å². The number of anilines is 1. The van der Waals surface area contributed by atoms with Gasteiger partial charge in [0.25, 0.3) is 0 Å². The van der Waals surface area contributed by atoms with Crippen LogP contribution in [0.1, 0.15) is 20.3 Å². The van der Waals surface area contributed by atoms with Crippen molar-refractivity contribution >= 4 is 23.3 Å². The molecule has 3 N–H and O–H groups in total. The summed E-state index contributed by atoms with van der Waals surface area (Å²) in [6, 6.07) is 7.03. The summed E-state index contributed by atoms with van der Waals surface area (Å²) in [5, 5.41) is 19.6. The van der Waals surface area contributed by atoms with Gasteiger partial charge in [0.1, 0.15) is 0 Å². The zero-order valence-corrected chi connectivity index (χ0v) is 13.9. The summed E-state index contributed by atoms with van der Waals surface area (Å²) in [6.07, 6.45) is 3.52. The molecule has 0 bridgehead atoms. The molecule has 1 aromatic carbocycles. The summed E-state index contributed by atoms with van der Waals surface area (Å²) in [5.41, 5.74) is 1.32. The highest BCUT2D eigenvalue weighted by Gasteiger charge is 2.10. The van der Waals surface area contributed by atoms with Gasteiger partial charge in [-0.1, -0.05) is 30.7 Å². The first kappa shape index (κ1) is 17.3. The van der Waals surface area contributed by atoms with E-state index in [0.29, 0.717) is 23.7 Å². The van der Waals surface area contributed by atoms with Crippen LogP contribution in [0.3, 0.4) is 0 Å². The average Bonchev–Trinajstić information content (AvgIpc) is 2.93. The van der Waals surface area contributed by atoms with Gasteiger partial charge in [0.2, 0.25) is 0 Å². The molecule has 0 saturated heterocycles. The zero-order chi connectivity index (χ0) is 16.8. The maximum absolute atomic E-state index is 11.9. The maximum atomic E-state index is 11.9. The Morgan fingerprint density at radius 3 is 2.83 bits per heavy atom. The van der Waals surface area contributed by atoms with E-state index >= 15 is 0 Å².